The Morgan fingerprint density at radius 2 is 2.00 bits per heavy atom. The summed E-state index contributed by atoms with van der Waals surface area (Å²) < 4.78 is 0. The van der Waals surface area contributed by atoms with Crippen LogP contribution >= 0.6 is 0 Å². The Kier molecular flexibility index (Phi) is 2.72. The molecule has 3 N–H and O–H groups in total. The fourth-order valence-electron chi connectivity index (χ4n) is 1.86. The molecule has 1 aromatic rings. The number of rotatable bonds is 2. The van der Waals surface area contributed by atoms with Gasteiger partial charge in [0.25, 0.3) is 0 Å². The van der Waals surface area contributed by atoms with Gasteiger partial charge < -0.3 is 11.1 Å². The zero-order chi connectivity index (χ0) is 11.8. The molecule has 0 heterocycles. The van der Waals surface area contributed by atoms with Crippen molar-refractivity contribution in [3.8, 4) is 0 Å². The average molecular weight is 218 g/mol. The van der Waals surface area contributed by atoms with Crippen molar-refractivity contribution in [3.05, 3.63) is 29.3 Å². The zero-order valence-electron chi connectivity index (χ0n) is 9.84. The second-order valence-electron chi connectivity index (χ2n) is 4.76. The number of carbonyl (C=O) groups is 1. The lowest BCUT2D eigenvalue weighted by Gasteiger charge is -2.36. The van der Waals surface area contributed by atoms with Crippen molar-refractivity contribution in [3.63, 3.8) is 0 Å². The Bertz CT molecular complexity index is 422. The van der Waals surface area contributed by atoms with Gasteiger partial charge in [0.05, 0.1) is 5.54 Å². The van der Waals surface area contributed by atoms with Crippen molar-refractivity contribution in [1.82, 2.24) is 0 Å². The molecule has 0 atom stereocenters. The molecular formula is C13H18N2O. The van der Waals surface area contributed by atoms with E-state index in [-0.39, 0.29) is 5.91 Å². The Hall–Kier alpha value is -1.35. The molecule has 0 bridgehead atoms. The molecule has 1 fully saturated rings. The number of benzene rings is 1. The van der Waals surface area contributed by atoms with Crippen LogP contribution in [0, 0.1) is 13.8 Å². The lowest BCUT2D eigenvalue weighted by molar-refractivity contribution is -0.123. The Balaban J connectivity index is 2.09. The third-order valence-corrected chi connectivity index (χ3v) is 3.46. The molecule has 0 aliphatic heterocycles. The zero-order valence-corrected chi connectivity index (χ0v) is 9.84. The molecule has 0 aromatic heterocycles. The summed E-state index contributed by atoms with van der Waals surface area (Å²) in [5, 5.41) is 2.89. The fraction of sp³-hybridized carbons (Fsp3) is 0.462. The van der Waals surface area contributed by atoms with E-state index in [9.17, 15) is 4.79 Å². The van der Waals surface area contributed by atoms with Gasteiger partial charge in [0.1, 0.15) is 0 Å². The first-order valence-electron chi connectivity index (χ1n) is 5.69. The number of hydrogen-bond donors (Lipinski definition) is 2. The maximum Gasteiger partial charge on any atom is 0.244 e. The molecule has 0 radical (unpaired) electrons. The molecule has 2 rings (SSSR count). The van der Waals surface area contributed by atoms with Crippen molar-refractivity contribution in [2.75, 3.05) is 5.32 Å². The first kappa shape index (κ1) is 11.1. The SMILES string of the molecule is Cc1ccc(NC(=O)C2(N)CCC2)cc1C. The van der Waals surface area contributed by atoms with Crippen LogP contribution in [0.25, 0.3) is 0 Å². The molecule has 0 saturated heterocycles. The standard InChI is InChI=1S/C13H18N2O/c1-9-4-5-11(8-10(9)2)15-12(16)13(14)6-3-7-13/h4-5,8H,3,6-7,14H2,1-2H3,(H,15,16). The van der Waals surface area contributed by atoms with Gasteiger partial charge in [0.2, 0.25) is 5.91 Å². The van der Waals surface area contributed by atoms with Crippen LogP contribution < -0.4 is 11.1 Å². The van der Waals surface area contributed by atoms with Crippen LogP contribution in [0.4, 0.5) is 5.69 Å². The molecule has 0 unspecified atom stereocenters. The van der Waals surface area contributed by atoms with Crippen LogP contribution in [0.3, 0.4) is 0 Å². The quantitative estimate of drug-likeness (QED) is 0.799. The summed E-state index contributed by atoms with van der Waals surface area (Å²) in [4.78, 5) is 11.9. The van der Waals surface area contributed by atoms with Crippen LogP contribution in [0.5, 0.6) is 0 Å². The fourth-order valence-corrected chi connectivity index (χ4v) is 1.86. The molecular weight excluding hydrogens is 200 g/mol. The van der Waals surface area contributed by atoms with Gasteiger partial charge in [0.15, 0.2) is 0 Å². The number of nitrogens with two attached hydrogens (primary N) is 1. The highest BCUT2D eigenvalue weighted by Gasteiger charge is 2.40. The van der Waals surface area contributed by atoms with Gasteiger partial charge in [-0.3, -0.25) is 4.79 Å². The summed E-state index contributed by atoms with van der Waals surface area (Å²) in [5.74, 6) is -0.0537. The average Bonchev–Trinajstić information content (AvgIpc) is 2.20. The maximum absolute atomic E-state index is 11.9. The molecule has 3 nitrogen and oxygen atoms in total. The third kappa shape index (κ3) is 1.95. The normalized spacial score (nSPS) is 17.7. The second kappa shape index (κ2) is 3.91. The van der Waals surface area contributed by atoms with Crippen LogP contribution in [-0.2, 0) is 4.79 Å². The van der Waals surface area contributed by atoms with Crippen LogP contribution in [0.1, 0.15) is 30.4 Å². The van der Waals surface area contributed by atoms with E-state index in [0.29, 0.717) is 0 Å². The largest absolute Gasteiger partial charge is 0.324 e. The first-order valence-corrected chi connectivity index (χ1v) is 5.69. The minimum Gasteiger partial charge on any atom is -0.324 e. The number of anilines is 1. The number of nitrogens with one attached hydrogen (secondary N) is 1. The molecule has 0 spiro atoms. The highest BCUT2D eigenvalue weighted by atomic mass is 16.2. The number of aryl methyl sites for hydroxylation is 2. The molecule has 1 amide bonds. The molecule has 1 saturated carbocycles. The Morgan fingerprint density at radius 3 is 2.50 bits per heavy atom. The number of carbonyl (C=O) groups excluding carboxylic acids is 1. The lowest BCUT2D eigenvalue weighted by Crippen LogP contribution is -2.56. The van der Waals surface area contributed by atoms with Gasteiger partial charge in [-0.15, -0.1) is 0 Å². The van der Waals surface area contributed by atoms with Crippen molar-refractivity contribution in [2.45, 2.75) is 38.6 Å². The second-order valence-corrected chi connectivity index (χ2v) is 4.76. The summed E-state index contributed by atoms with van der Waals surface area (Å²) in [5.41, 5.74) is 8.57. The van der Waals surface area contributed by atoms with E-state index < -0.39 is 5.54 Å². The summed E-state index contributed by atoms with van der Waals surface area (Å²) in [7, 11) is 0. The monoisotopic (exact) mass is 218 g/mol. The van der Waals surface area contributed by atoms with Gasteiger partial charge in [-0.1, -0.05) is 6.07 Å². The summed E-state index contributed by atoms with van der Waals surface area (Å²) >= 11 is 0. The van der Waals surface area contributed by atoms with E-state index >= 15 is 0 Å². The van der Waals surface area contributed by atoms with Crippen molar-refractivity contribution in [2.24, 2.45) is 5.73 Å². The maximum atomic E-state index is 11.9. The Morgan fingerprint density at radius 1 is 1.31 bits per heavy atom. The molecule has 86 valence electrons. The summed E-state index contributed by atoms with van der Waals surface area (Å²) in [6.45, 7) is 4.09. The minimum absolute atomic E-state index is 0.0537. The van der Waals surface area contributed by atoms with Crippen molar-refractivity contribution in [1.29, 1.82) is 0 Å². The van der Waals surface area contributed by atoms with Crippen LogP contribution in [-0.4, -0.2) is 11.4 Å². The molecule has 1 aliphatic carbocycles. The predicted molar refractivity (Wildman–Crippen MR) is 65.3 cm³/mol. The van der Waals surface area contributed by atoms with E-state index in [0.717, 1.165) is 24.9 Å². The minimum atomic E-state index is -0.626. The van der Waals surface area contributed by atoms with E-state index in [1.54, 1.807) is 0 Å². The van der Waals surface area contributed by atoms with E-state index in [1.165, 1.54) is 11.1 Å². The molecule has 3 heteroatoms. The van der Waals surface area contributed by atoms with E-state index in [4.69, 9.17) is 5.73 Å². The van der Waals surface area contributed by atoms with Crippen molar-refractivity contribution >= 4 is 11.6 Å². The van der Waals surface area contributed by atoms with Crippen LogP contribution in [0.15, 0.2) is 18.2 Å². The summed E-state index contributed by atoms with van der Waals surface area (Å²) in [6, 6.07) is 5.91. The van der Waals surface area contributed by atoms with Crippen molar-refractivity contribution < 1.29 is 4.79 Å². The predicted octanol–water partition coefficient (Wildman–Crippen LogP) is 2.12. The first-order chi connectivity index (χ1) is 7.51. The molecule has 16 heavy (non-hydrogen) atoms. The van der Waals surface area contributed by atoms with Gasteiger partial charge in [-0.2, -0.15) is 0 Å². The van der Waals surface area contributed by atoms with Gasteiger partial charge in [0, 0.05) is 5.69 Å². The van der Waals surface area contributed by atoms with Gasteiger partial charge in [-0.25, -0.2) is 0 Å². The summed E-state index contributed by atoms with van der Waals surface area (Å²) in [6.07, 6.45) is 2.64. The highest BCUT2D eigenvalue weighted by molar-refractivity contribution is 5.98. The van der Waals surface area contributed by atoms with Gasteiger partial charge in [-0.05, 0) is 56.4 Å². The number of amides is 1. The number of hydrogen-bond acceptors (Lipinski definition) is 2. The van der Waals surface area contributed by atoms with Gasteiger partial charge >= 0.3 is 0 Å². The topological polar surface area (TPSA) is 55.1 Å². The van der Waals surface area contributed by atoms with E-state index in [2.05, 4.69) is 12.2 Å². The highest BCUT2D eigenvalue weighted by Crippen LogP contribution is 2.30. The Labute approximate surface area is 96.0 Å². The molecule has 1 aliphatic rings. The van der Waals surface area contributed by atoms with Crippen LogP contribution in [0.2, 0.25) is 0 Å². The molecule has 1 aromatic carbocycles. The van der Waals surface area contributed by atoms with E-state index in [1.807, 2.05) is 25.1 Å². The smallest absolute Gasteiger partial charge is 0.244 e. The lowest BCUT2D eigenvalue weighted by atomic mass is 9.77. The third-order valence-electron chi connectivity index (χ3n) is 3.46.